The van der Waals surface area contributed by atoms with Crippen molar-refractivity contribution in [3.8, 4) is 5.75 Å². The number of carbonyl (C=O) groups excluding carboxylic acids is 1. The van der Waals surface area contributed by atoms with Crippen LogP contribution in [0, 0.1) is 15.9 Å². The van der Waals surface area contributed by atoms with E-state index in [1.807, 2.05) is 0 Å². The fraction of sp³-hybridized carbons (Fsp3) is 0.0909. The van der Waals surface area contributed by atoms with Crippen molar-refractivity contribution in [2.45, 2.75) is 13.2 Å². The van der Waals surface area contributed by atoms with Gasteiger partial charge in [-0.1, -0.05) is 24.3 Å². The number of para-hydroxylation sites is 2. The van der Waals surface area contributed by atoms with Gasteiger partial charge in [0, 0.05) is 18.3 Å². The van der Waals surface area contributed by atoms with E-state index in [2.05, 4.69) is 10.4 Å². The minimum Gasteiger partial charge on any atom is -0.479 e. The molecule has 4 rings (SSSR count). The van der Waals surface area contributed by atoms with Crippen LogP contribution in [0.5, 0.6) is 5.75 Å². The number of benzene rings is 2. The van der Waals surface area contributed by atoms with Crippen molar-refractivity contribution in [2.75, 3.05) is 5.32 Å². The molecule has 0 spiro atoms. The van der Waals surface area contributed by atoms with E-state index in [1.165, 1.54) is 30.3 Å². The van der Waals surface area contributed by atoms with Gasteiger partial charge in [-0.3, -0.25) is 19.6 Å². The van der Waals surface area contributed by atoms with Gasteiger partial charge < -0.3 is 14.5 Å². The van der Waals surface area contributed by atoms with E-state index >= 15 is 0 Å². The van der Waals surface area contributed by atoms with Gasteiger partial charge in [0.05, 0.1) is 11.5 Å². The monoisotopic (exact) mass is 436 g/mol. The van der Waals surface area contributed by atoms with Gasteiger partial charge in [-0.05, 0) is 35.9 Å². The Morgan fingerprint density at radius 3 is 2.69 bits per heavy atom. The molecule has 0 saturated carbocycles. The zero-order valence-corrected chi connectivity index (χ0v) is 16.6. The van der Waals surface area contributed by atoms with Gasteiger partial charge >= 0.3 is 5.69 Å². The predicted octanol–water partition coefficient (Wildman–Crippen LogP) is 4.40. The van der Waals surface area contributed by atoms with Crippen molar-refractivity contribution in [1.29, 1.82) is 0 Å². The smallest absolute Gasteiger partial charge is 0.310 e. The minimum absolute atomic E-state index is 0.0410. The van der Waals surface area contributed by atoms with E-state index in [0.29, 0.717) is 18.1 Å². The third kappa shape index (κ3) is 4.98. The Kier molecular flexibility index (Phi) is 5.93. The Bertz CT molecular complexity index is 1250. The molecule has 0 aliphatic carbocycles. The second-order valence-electron chi connectivity index (χ2n) is 6.76. The Hall–Kier alpha value is -4.47. The maximum Gasteiger partial charge on any atom is 0.310 e. The number of aromatic nitrogens is 2. The molecule has 9 nitrogen and oxygen atoms in total. The number of ether oxygens (including phenoxy) is 1. The molecule has 10 heteroatoms. The Morgan fingerprint density at radius 2 is 1.91 bits per heavy atom. The number of carbonyl (C=O) groups is 1. The van der Waals surface area contributed by atoms with E-state index in [0.717, 1.165) is 5.56 Å². The topological polar surface area (TPSA) is 112 Å². The van der Waals surface area contributed by atoms with Crippen LogP contribution in [0.1, 0.15) is 21.9 Å². The SMILES string of the molecule is O=C(Nc1ccn(Cc2ccc(F)cc2)n1)c1ccc(COc2ccccc2[N+](=O)[O-])o1. The first kappa shape index (κ1) is 20.8. The lowest BCUT2D eigenvalue weighted by Crippen LogP contribution is -2.12. The zero-order chi connectivity index (χ0) is 22.5. The largest absolute Gasteiger partial charge is 0.479 e. The van der Waals surface area contributed by atoms with Crippen molar-refractivity contribution in [3.05, 3.63) is 106 Å². The summed E-state index contributed by atoms with van der Waals surface area (Å²) in [5.41, 5.74) is 0.704. The van der Waals surface area contributed by atoms with Gasteiger partial charge in [-0.15, -0.1) is 0 Å². The lowest BCUT2D eigenvalue weighted by Gasteiger charge is -2.04. The summed E-state index contributed by atoms with van der Waals surface area (Å²) in [7, 11) is 0. The molecule has 0 aliphatic rings. The van der Waals surface area contributed by atoms with Crippen molar-refractivity contribution in [1.82, 2.24) is 9.78 Å². The highest BCUT2D eigenvalue weighted by Crippen LogP contribution is 2.27. The Labute approximate surface area is 181 Å². The highest BCUT2D eigenvalue weighted by atomic mass is 19.1. The van der Waals surface area contributed by atoms with Gasteiger partial charge in [0.2, 0.25) is 0 Å². The molecule has 32 heavy (non-hydrogen) atoms. The molecule has 2 aromatic carbocycles. The normalized spacial score (nSPS) is 10.7. The highest BCUT2D eigenvalue weighted by Gasteiger charge is 2.16. The lowest BCUT2D eigenvalue weighted by atomic mass is 10.2. The summed E-state index contributed by atoms with van der Waals surface area (Å²) in [6.45, 7) is 0.342. The first-order valence-electron chi connectivity index (χ1n) is 9.52. The average molecular weight is 436 g/mol. The third-order valence-electron chi connectivity index (χ3n) is 4.46. The van der Waals surface area contributed by atoms with E-state index in [-0.39, 0.29) is 29.6 Å². The van der Waals surface area contributed by atoms with Crippen LogP contribution >= 0.6 is 0 Å². The quantitative estimate of drug-likeness (QED) is 0.324. The number of nitro benzene ring substituents is 1. The summed E-state index contributed by atoms with van der Waals surface area (Å²) in [4.78, 5) is 22.9. The van der Waals surface area contributed by atoms with Crippen molar-refractivity contribution in [3.63, 3.8) is 0 Å². The number of nitrogens with zero attached hydrogens (tertiary/aromatic N) is 3. The molecule has 4 aromatic rings. The summed E-state index contributed by atoms with van der Waals surface area (Å²) in [6.07, 6.45) is 1.69. The molecule has 1 amide bonds. The molecular formula is C22H17FN4O5. The molecule has 0 radical (unpaired) electrons. The van der Waals surface area contributed by atoms with Crippen LogP contribution in [-0.4, -0.2) is 20.6 Å². The van der Waals surface area contributed by atoms with Crippen molar-refractivity contribution in [2.24, 2.45) is 0 Å². The molecule has 0 atom stereocenters. The molecule has 162 valence electrons. The summed E-state index contributed by atoms with van der Waals surface area (Å²) >= 11 is 0. The second-order valence-corrected chi connectivity index (χ2v) is 6.76. The average Bonchev–Trinajstić information content (AvgIpc) is 3.43. The van der Waals surface area contributed by atoms with E-state index in [9.17, 15) is 19.3 Å². The molecule has 0 fully saturated rings. The summed E-state index contributed by atoms with van der Waals surface area (Å²) in [5, 5.41) is 17.9. The van der Waals surface area contributed by atoms with Gasteiger partial charge in [-0.2, -0.15) is 5.10 Å². The van der Waals surface area contributed by atoms with Gasteiger partial charge in [0.1, 0.15) is 18.2 Å². The number of rotatable bonds is 8. The van der Waals surface area contributed by atoms with Gasteiger partial charge in [0.25, 0.3) is 5.91 Å². The van der Waals surface area contributed by atoms with Crippen molar-refractivity contribution < 1.29 is 23.3 Å². The van der Waals surface area contributed by atoms with E-state index in [4.69, 9.17) is 9.15 Å². The second kappa shape index (κ2) is 9.13. The van der Waals surface area contributed by atoms with Crippen LogP contribution in [0.3, 0.4) is 0 Å². The number of halogens is 1. The predicted molar refractivity (Wildman–Crippen MR) is 112 cm³/mol. The Balaban J connectivity index is 1.35. The standard InChI is InChI=1S/C22H17FN4O5/c23-16-7-5-15(6-8-16)13-26-12-11-21(25-26)24-22(28)20-10-9-17(32-20)14-31-19-4-2-1-3-18(19)27(29)30/h1-12H,13-14H2,(H,24,25,28). The number of anilines is 1. The molecule has 2 heterocycles. The third-order valence-corrected chi connectivity index (χ3v) is 4.46. The molecule has 0 saturated heterocycles. The summed E-state index contributed by atoms with van der Waals surface area (Å²) in [6, 6.07) is 16.7. The van der Waals surface area contributed by atoms with Gasteiger partial charge in [0.15, 0.2) is 17.3 Å². The maximum absolute atomic E-state index is 13.0. The van der Waals surface area contributed by atoms with Crippen LogP contribution in [-0.2, 0) is 13.2 Å². The zero-order valence-electron chi connectivity index (χ0n) is 16.6. The molecular weight excluding hydrogens is 419 g/mol. The number of furan rings is 1. The van der Waals surface area contributed by atoms with Crippen LogP contribution in [0.15, 0.2) is 77.3 Å². The van der Waals surface area contributed by atoms with E-state index in [1.54, 1.807) is 47.3 Å². The van der Waals surface area contributed by atoms with Crippen LogP contribution < -0.4 is 10.1 Å². The fourth-order valence-electron chi connectivity index (χ4n) is 2.93. The molecule has 0 unspecified atom stereocenters. The first-order chi connectivity index (χ1) is 15.5. The number of nitrogens with one attached hydrogen (secondary N) is 1. The fourth-order valence-corrected chi connectivity index (χ4v) is 2.93. The van der Waals surface area contributed by atoms with Gasteiger partial charge in [-0.25, -0.2) is 4.39 Å². The molecule has 0 aliphatic heterocycles. The lowest BCUT2D eigenvalue weighted by molar-refractivity contribution is -0.386. The maximum atomic E-state index is 13.0. The summed E-state index contributed by atoms with van der Waals surface area (Å²) < 4.78 is 25.5. The first-order valence-corrected chi connectivity index (χ1v) is 9.52. The molecule has 0 bridgehead atoms. The number of amides is 1. The number of nitro groups is 1. The Morgan fingerprint density at radius 1 is 1.12 bits per heavy atom. The molecule has 2 aromatic heterocycles. The molecule has 1 N–H and O–H groups in total. The van der Waals surface area contributed by atoms with Crippen LogP contribution in [0.2, 0.25) is 0 Å². The van der Waals surface area contributed by atoms with Crippen LogP contribution in [0.4, 0.5) is 15.9 Å². The number of hydrogen-bond acceptors (Lipinski definition) is 6. The van der Waals surface area contributed by atoms with E-state index < -0.39 is 10.8 Å². The van der Waals surface area contributed by atoms with Crippen LogP contribution in [0.25, 0.3) is 0 Å². The number of hydrogen-bond donors (Lipinski definition) is 1. The highest BCUT2D eigenvalue weighted by molar-refractivity contribution is 6.01. The van der Waals surface area contributed by atoms with Crippen molar-refractivity contribution >= 4 is 17.4 Å². The summed E-state index contributed by atoms with van der Waals surface area (Å²) in [5.74, 6) is -0.0199. The minimum atomic E-state index is -0.536.